The van der Waals surface area contributed by atoms with Crippen LogP contribution in [0, 0.1) is 13.8 Å². The van der Waals surface area contributed by atoms with E-state index in [0.29, 0.717) is 0 Å². The maximum atomic E-state index is 2.79. The number of benzene rings is 8. The zero-order valence-electron chi connectivity index (χ0n) is 39.3. The Morgan fingerprint density at radius 2 is 1.08 bits per heavy atom. The Labute approximate surface area is 388 Å². The number of aromatic nitrogens is 2. The van der Waals surface area contributed by atoms with Gasteiger partial charge in [0.2, 0.25) is 0 Å². The second-order valence-electron chi connectivity index (χ2n) is 21.4. The van der Waals surface area contributed by atoms with Gasteiger partial charge < -0.3 is 9.13 Å². The minimum atomic E-state index is -0.538. The van der Waals surface area contributed by atoms with Gasteiger partial charge in [0.1, 0.15) is 0 Å². The number of aryl methyl sites for hydroxylation is 2. The molecule has 0 atom stereocenters. The van der Waals surface area contributed by atoms with Crippen LogP contribution in [0.15, 0.2) is 152 Å². The molecule has 0 N–H and O–H groups in total. The van der Waals surface area contributed by atoms with Crippen molar-refractivity contribution in [3.8, 4) is 44.9 Å². The van der Waals surface area contributed by atoms with E-state index in [9.17, 15) is 0 Å². The minimum absolute atomic E-state index is 0.0190. The summed E-state index contributed by atoms with van der Waals surface area (Å²) in [5.41, 5.74) is 29.3. The van der Waals surface area contributed by atoms with Crippen LogP contribution in [-0.2, 0) is 16.2 Å². The quantitative estimate of drug-likeness (QED) is 0.148. The van der Waals surface area contributed by atoms with Crippen molar-refractivity contribution in [3.05, 3.63) is 196 Å². The van der Waals surface area contributed by atoms with Crippen LogP contribution < -0.4 is 16.4 Å². The van der Waals surface area contributed by atoms with E-state index >= 15 is 0 Å². The van der Waals surface area contributed by atoms with E-state index in [4.69, 9.17) is 0 Å². The first-order valence-corrected chi connectivity index (χ1v) is 24.3. The third-order valence-corrected chi connectivity index (χ3v) is 17.3. The molecule has 66 heavy (non-hydrogen) atoms. The Balaban J connectivity index is 1.26. The lowest BCUT2D eigenvalue weighted by Gasteiger charge is -2.44. The maximum Gasteiger partial charge on any atom is 0.252 e. The van der Waals surface area contributed by atoms with Crippen molar-refractivity contribution in [2.75, 3.05) is 0 Å². The fraction of sp³-hybridized carbons (Fsp3) is 0.206. The lowest BCUT2D eigenvalue weighted by Crippen LogP contribution is -2.60. The number of fused-ring (bicyclic) bond motifs is 11. The third kappa shape index (κ3) is 4.50. The van der Waals surface area contributed by atoms with E-state index in [0.717, 1.165) is 12.8 Å². The zero-order valence-corrected chi connectivity index (χ0v) is 39.3. The first kappa shape index (κ1) is 38.4. The van der Waals surface area contributed by atoms with Gasteiger partial charge in [-0.2, -0.15) is 0 Å². The molecule has 3 heteroatoms. The van der Waals surface area contributed by atoms with Gasteiger partial charge in [-0.05, 0) is 128 Å². The summed E-state index contributed by atoms with van der Waals surface area (Å²) in [5, 5.41) is 4.09. The molecule has 0 amide bonds. The normalized spacial score (nSPS) is 14.6. The summed E-state index contributed by atoms with van der Waals surface area (Å²) in [7, 11) is 0. The fourth-order valence-electron chi connectivity index (χ4n) is 13.2. The van der Waals surface area contributed by atoms with E-state index in [-0.39, 0.29) is 17.5 Å². The molecule has 1 aliphatic carbocycles. The van der Waals surface area contributed by atoms with Crippen LogP contribution in [-0.4, -0.2) is 15.8 Å². The second-order valence-corrected chi connectivity index (χ2v) is 21.4. The molecule has 318 valence electrons. The number of hydrogen-bond acceptors (Lipinski definition) is 0. The predicted molar refractivity (Wildman–Crippen MR) is 280 cm³/mol. The molecule has 0 saturated heterocycles. The van der Waals surface area contributed by atoms with Gasteiger partial charge in [-0.3, -0.25) is 0 Å². The van der Waals surface area contributed by atoms with E-state index in [2.05, 4.69) is 216 Å². The summed E-state index contributed by atoms with van der Waals surface area (Å²) in [5.74, 6) is 0. The molecule has 0 fully saturated rings. The summed E-state index contributed by atoms with van der Waals surface area (Å²) in [6.07, 6.45) is 2.11. The predicted octanol–water partition coefficient (Wildman–Crippen LogP) is 13.9. The molecule has 2 nitrogen and oxygen atoms in total. The lowest BCUT2D eigenvalue weighted by atomic mass is 9.33. The van der Waals surface area contributed by atoms with Gasteiger partial charge in [-0.1, -0.05) is 186 Å². The van der Waals surface area contributed by atoms with Crippen molar-refractivity contribution in [2.24, 2.45) is 0 Å². The Kier molecular flexibility index (Phi) is 7.42. The summed E-state index contributed by atoms with van der Waals surface area (Å²) in [6, 6.07) is 59.7. The lowest BCUT2D eigenvalue weighted by molar-refractivity contribution is 0.505. The van der Waals surface area contributed by atoms with Crippen molar-refractivity contribution in [3.63, 3.8) is 0 Å². The molecule has 2 aromatic heterocycles. The highest BCUT2D eigenvalue weighted by molar-refractivity contribution is 7.00. The van der Waals surface area contributed by atoms with Gasteiger partial charge in [0.25, 0.3) is 6.71 Å². The summed E-state index contributed by atoms with van der Waals surface area (Å²) >= 11 is 0. The minimum Gasteiger partial charge on any atom is -0.310 e. The molecule has 14 rings (SSSR count). The Bertz CT molecular complexity index is 3750. The summed E-state index contributed by atoms with van der Waals surface area (Å²) in [6.45, 7) is 19.1. The van der Waals surface area contributed by atoms with Crippen molar-refractivity contribution in [2.45, 2.75) is 84.5 Å². The molecular formula is C63H53BN2. The molecule has 8 aromatic carbocycles. The van der Waals surface area contributed by atoms with Crippen LogP contribution in [0.2, 0.25) is 0 Å². The highest BCUT2D eigenvalue weighted by atomic mass is 15.1. The molecule has 10 aromatic rings. The molecule has 4 aliphatic rings. The Morgan fingerprint density at radius 1 is 0.485 bits per heavy atom. The SMILES string of the molecule is CCC(C)(C)c1cc2c3c(c1)c1cc(C(C)(C)CC)cc4c1n3-c1c(ccc3c1B2c1cccc2c(-c5ccccc5)c(-c5ccccc5)n-3c12)C41c2cc(C)ccc2-c2ccc(C)cc21. The van der Waals surface area contributed by atoms with Gasteiger partial charge in [-0.15, -0.1) is 0 Å². The van der Waals surface area contributed by atoms with E-state index in [1.54, 1.807) is 0 Å². The van der Waals surface area contributed by atoms with E-state index in [1.165, 1.54) is 138 Å². The standard InChI is InChI=1S/C63H53BN2/c1-9-61(5,6)40-32-45-46-33-41(62(7,8)10-2)35-52-59(46)66-57(45)50(34-40)63(48-30-36(3)24-26-42(48)43-27-25-37(4)31-49(43)63)47-28-29-53-55(60(47)66)64(52)51-23-17-22-44-54(38-18-13-11-14-19-38)56(65(53)58(44)51)39-20-15-12-16-21-39/h11-35H,9-10H2,1-8H3. The second kappa shape index (κ2) is 12.7. The monoisotopic (exact) mass is 848 g/mol. The van der Waals surface area contributed by atoms with Crippen molar-refractivity contribution < 1.29 is 0 Å². The Morgan fingerprint density at radius 3 is 1.71 bits per heavy atom. The highest BCUT2D eigenvalue weighted by Gasteiger charge is 2.55. The summed E-state index contributed by atoms with van der Waals surface area (Å²) < 4.78 is 5.46. The van der Waals surface area contributed by atoms with Crippen LogP contribution in [0.4, 0.5) is 0 Å². The van der Waals surface area contributed by atoms with Crippen LogP contribution in [0.5, 0.6) is 0 Å². The molecule has 0 saturated carbocycles. The van der Waals surface area contributed by atoms with E-state index in [1.807, 2.05) is 0 Å². The summed E-state index contributed by atoms with van der Waals surface area (Å²) in [4.78, 5) is 0. The number of rotatable bonds is 6. The molecular weight excluding hydrogens is 796 g/mol. The zero-order chi connectivity index (χ0) is 44.8. The van der Waals surface area contributed by atoms with Gasteiger partial charge in [0.15, 0.2) is 0 Å². The molecule has 3 aliphatic heterocycles. The van der Waals surface area contributed by atoms with Crippen LogP contribution >= 0.6 is 0 Å². The van der Waals surface area contributed by atoms with Crippen molar-refractivity contribution in [1.82, 2.24) is 9.13 Å². The van der Waals surface area contributed by atoms with E-state index < -0.39 is 5.41 Å². The third-order valence-electron chi connectivity index (χ3n) is 17.3. The molecule has 0 unspecified atom stereocenters. The number of hydrogen-bond donors (Lipinski definition) is 0. The van der Waals surface area contributed by atoms with Gasteiger partial charge in [0, 0.05) is 44.1 Å². The van der Waals surface area contributed by atoms with Crippen molar-refractivity contribution >= 4 is 55.8 Å². The molecule has 1 spiro atoms. The van der Waals surface area contributed by atoms with Gasteiger partial charge in [0.05, 0.1) is 16.6 Å². The van der Waals surface area contributed by atoms with Gasteiger partial charge in [-0.25, -0.2) is 0 Å². The smallest absolute Gasteiger partial charge is 0.252 e. The average molecular weight is 849 g/mol. The van der Waals surface area contributed by atoms with Crippen LogP contribution in [0.25, 0.3) is 77.6 Å². The van der Waals surface area contributed by atoms with Crippen LogP contribution in [0.1, 0.15) is 98.9 Å². The molecule has 5 heterocycles. The first-order valence-electron chi connectivity index (χ1n) is 24.3. The average Bonchev–Trinajstić information content (AvgIpc) is 3.96. The molecule has 0 bridgehead atoms. The first-order chi connectivity index (χ1) is 32.0. The Hall–Kier alpha value is -6.84. The number of para-hydroxylation sites is 1. The maximum absolute atomic E-state index is 2.79. The van der Waals surface area contributed by atoms with Crippen molar-refractivity contribution in [1.29, 1.82) is 0 Å². The number of nitrogens with zero attached hydrogens (tertiary/aromatic N) is 2. The largest absolute Gasteiger partial charge is 0.310 e. The fourth-order valence-corrected chi connectivity index (χ4v) is 13.2. The van der Waals surface area contributed by atoms with Crippen LogP contribution in [0.3, 0.4) is 0 Å². The van der Waals surface area contributed by atoms with Gasteiger partial charge >= 0.3 is 0 Å². The molecule has 0 radical (unpaired) electrons. The highest BCUT2D eigenvalue weighted by Crippen LogP contribution is 2.62. The topological polar surface area (TPSA) is 9.86 Å².